The summed E-state index contributed by atoms with van der Waals surface area (Å²) in [7, 11) is 0. The van der Waals surface area contributed by atoms with Crippen LogP contribution in [0.1, 0.15) is 22.6 Å². The van der Waals surface area contributed by atoms with Crippen LogP contribution in [0.15, 0.2) is 23.4 Å². The first-order valence-electron chi connectivity index (χ1n) is 7.15. The molecule has 0 radical (unpaired) electrons. The van der Waals surface area contributed by atoms with E-state index in [9.17, 15) is 13.2 Å². The van der Waals surface area contributed by atoms with E-state index in [1.54, 1.807) is 0 Å². The number of thioether (sulfide) groups is 1. The van der Waals surface area contributed by atoms with E-state index in [1.807, 2.05) is 38.3 Å². The summed E-state index contributed by atoms with van der Waals surface area (Å²) in [5.41, 5.74) is 3.23. The van der Waals surface area contributed by atoms with Gasteiger partial charge in [-0.05, 0) is 25.7 Å². The third-order valence-corrected chi connectivity index (χ3v) is 4.51. The molecule has 0 saturated heterocycles. The number of nitrogens with one attached hydrogen (secondary N) is 1. The lowest BCUT2D eigenvalue weighted by molar-refractivity contribution is -0.145. The van der Waals surface area contributed by atoms with Gasteiger partial charge in [-0.2, -0.15) is 13.2 Å². The van der Waals surface area contributed by atoms with E-state index in [0.29, 0.717) is 16.7 Å². The Labute approximate surface area is 136 Å². The van der Waals surface area contributed by atoms with Gasteiger partial charge in [0.05, 0.1) is 5.69 Å². The molecule has 7 heteroatoms. The lowest BCUT2D eigenvalue weighted by Gasteiger charge is -2.18. The molecule has 3 rings (SSSR count). The Balaban J connectivity index is 2.25. The number of alkyl halides is 3. The van der Waals surface area contributed by atoms with Crippen LogP contribution < -0.4 is 5.32 Å². The van der Waals surface area contributed by atoms with E-state index in [-0.39, 0.29) is 12.1 Å². The summed E-state index contributed by atoms with van der Waals surface area (Å²) in [6.45, 7) is 3.65. The number of anilines is 1. The molecule has 0 fully saturated rings. The van der Waals surface area contributed by atoms with Gasteiger partial charge in [0.1, 0.15) is 11.7 Å². The van der Waals surface area contributed by atoms with Crippen molar-refractivity contribution in [2.45, 2.75) is 31.1 Å². The Kier molecular flexibility index (Phi) is 4.00. The number of aryl methyl sites for hydroxylation is 2. The molecule has 0 bridgehead atoms. The van der Waals surface area contributed by atoms with Gasteiger partial charge in [-0.25, -0.2) is 9.97 Å². The van der Waals surface area contributed by atoms with E-state index in [2.05, 4.69) is 15.3 Å². The van der Waals surface area contributed by atoms with Crippen molar-refractivity contribution in [1.29, 1.82) is 0 Å². The second kappa shape index (κ2) is 5.70. The molecule has 1 aromatic heterocycles. The molecule has 2 heterocycles. The van der Waals surface area contributed by atoms with Crippen LogP contribution in [0.4, 0.5) is 19.0 Å². The zero-order valence-corrected chi connectivity index (χ0v) is 13.8. The standard InChI is InChI=1S/C16H16F3N3S/c1-8-4-5-10(9(2)6-8)13-12-11(16(17,18)19)7-20-14(12)22-15(21-13)23-3/h4-6,11H,7H2,1-3H3,(H,20,21,22). The monoisotopic (exact) mass is 339 g/mol. The van der Waals surface area contributed by atoms with Gasteiger partial charge in [-0.3, -0.25) is 0 Å². The summed E-state index contributed by atoms with van der Waals surface area (Å²) in [6.07, 6.45) is -2.51. The molecule has 1 atom stereocenters. The number of nitrogens with zero attached hydrogens (tertiary/aromatic N) is 2. The highest BCUT2D eigenvalue weighted by atomic mass is 32.2. The van der Waals surface area contributed by atoms with E-state index in [1.165, 1.54) is 11.8 Å². The first kappa shape index (κ1) is 16.1. The third kappa shape index (κ3) is 2.89. The van der Waals surface area contributed by atoms with Crippen molar-refractivity contribution >= 4 is 17.6 Å². The highest BCUT2D eigenvalue weighted by molar-refractivity contribution is 7.98. The van der Waals surface area contributed by atoms with Crippen LogP contribution in [-0.2, 0) is 0 Å². The molecule has 1 unspecified atom stereocenters. The fraction of sp³-hybridized carbons (Fsp3) is 0.375. The first-order valence-corrected chi connectivity index (χ1v) is 8.38. The number of fused-ring (bicyclic) bond motifs is 1. The van der Waals surface area contributed by atoms with Crippen molar-refractivity contribution in [3.63, 3.8) is 0 Å². The molecule has 2 aromatic rings. The Morgan fingerprint density at radius 2 is 1.96 bits per heavy atom. The second-order valence-corrected chi connectivity index (χ2v) is 6.39. The predicted molar refractivity (Wildman–Crippen MR) is 86.0 cm³/mol. The highest BCUT2D eigenvalue weighted by Crippen LogP contribution is 2.46. The van der Waals surface area contributed by atoms with Gasteiger partial charge in [-0.1, -0.05) is 35.5 Å². The van der Waals surface area contributed by atoms with Crippen LogP contribution in [0, 0.1) is 13.8 Å². The van der Waals surface area contributed by atoms with Crippen molar-refractivity contribution in [3.05, 3.63) is 34.9 Å². The number of benzene rings is 1. The average molecular weight is 339 g/mol. The van der Waals surface area contributed by atoms with Crippen molar-refractivity contribution in [1.82, 2.24) is 9.97 Å². The number of halogens is 3. The number of hydrogen-bond acceptors (Lipinski definition) is 4. The van der Waals surface area contributed by atoms with Gasteiger partial charge >= 0.3 is 6.18 Å². The Bertz CT molecular complexity index is 759. The lowest BCUT2D eigenvalue weighted by Crippen LogP contribution is -2.23. The Hall–Kier alpha value is -1.76. The summed E-state index contributed by atoms with van der Waals surface area (Å²) in [4.78, 5) is 8.61. The first-order chi connectivity index (χ1) is 10.8. The summed E-state index contributed by atoms with van der Waals surface area (Å²) in [6, 6.07) is 5.68. The van der Waals surface area contributed by atoms with Gasteiger partial charge in [-0.15, -0.1) is 0 Å². The molecular weight excluding hydrogens is 323 g/mol. The number of hydrogen-bond donors (Lipinski definition) is 1. The van der Waals surface area contributed by atoms with E-state index >= 15 is 0 Å². The van der Waals surface area contributed by atoms with Crippen LogP contribution in [0.25, 0.3) is 11.3 Å². The highest BCUT2D eigenvalue weighted by Gasteiger charge is 2.47. The van der Waals surface area contributed by atoms with Gasteiger partial charge in [0.2, 0.25) is 0 Å². The molecule has 1 aromatic carbocycles. The van der Waals surface area contributed by atoms with Gasteiger partial charge < -0.3 is 5.32 Å². The van der Waals surface area contributed by atoms with Crippen molar-refractivity contribution in [3.8, 4) is 11.3 Å². The minimum absolute atomic E-state index is 0.155. The molecule has 3 nitrogen and oxygen atoms in total. The Morgan fingerprint density at radius 1 is 1.22 bits per heavy atom. The molecule has 122 valence electrons. The van der Waals surface area contributed by atoms with Gasteiger partial charge in [0.25, 0.3) is 0 Å². The molecule has 0 saturated carbocycles. The minimum atomic E-state index is -4.32. The maximum atomic E-state index is 13.4. The quantitative estimate of drug-likeness (QED) is 0.643. The van der Waals surface area contributed by atoms with Gasteiger partial charge in [0, 0.05) is 17.7 Å². The van der Waals surface area contributed by atoms with E-state index in [0.717, 1.165) is 16.7 Å². The lowest BCUT2D eigenvalue weighted by atomic mass is 9.94. The minimum Gasteiger partial charge on any atom is -0.369 e. The molecule has 1 N–H and O–H groups in total. The summed E-state index contributed by atoms with van der Waals surface area (Å²) >= 11 is 1.32. The van der Waals surface area contributed by atoms with Crippen LogP contribution in [0.3, 0.4) is 0 Å². The number of aromatic nitrogens is 2. The number of rotatable bonds is 2. The fourth-order valence-electron chi connectivity index (χ4n) is 2.87. The largest absolute Gasteiger partial charge is 0.397 e. The maximum Gasteiger partial charge on any atom is 0.397 e. The Morgan fingerprint density at radius 3 is 2.57 bits per heavy atom. The molecule has 0 amide bonds. The van der Waals surface area contributed by atoms with Crippen molar-refractivity contribution < 1.29 is 13.2 Å². The molecule has 23 heavy (non-hydrogen) atoms. The third-order valence-electron chi connectivity index (χ3n) is 3.96. The molecule has 0 spiro atoms. The summed E-state index contributed by atoms with van der Waals surface area (Å²) < 4.78 is 40.1. The van der Waals surface area contributed by atoms with Crippen LogP contribution in [0.5, 0.6) is 0 Å². The van der Waals surface area contributed by atoms with Crippen LogP contribution >= 0.6 is 11.8 Å². The summed E-state index contributed by atoms with van der Waals surface area (Å²) in [5.74, 6) is -1.29. The molecule has 1 aliphatic rings. The normalized spacial score (nSPS) is 17.0. The molecule has 1 aliphatic heterocycles. The SMILES string of the molecule is CSc1nc2c(c(-c3ccc(C)cc3C)n1)C(C(F)(F)F)CN2. The van der Waals surface area contributed by atoms with E-state index < -0.39 is 12.1 Å². The molecule has 0 aliphatic carbocycles. The van der Waals surface area contributed by atoms with Crippen molar-refractivity contribution in [2.24, 2.45) is 0 Å². The zero-order chi connectivity index (χ0) is 16.8. The smallest absolute Gasteiger partial charge is 0.369 e. The van der Waals surface area contributed by atoms with Gasteiger partial charge in [0.15, 0.2) is 5.16 Å². The summed E-state index contributed by atoms with van der Waals surface area (Å²) in [5, 5.41) is 3.25. The van der Waals surface area contributed by atoms with E-state index in [4.69, 9.17) is 0 Å². The van der Waals surface area contributed by atoms with Crippen molar-refractivity contribution in [2.75, 3.05) is 18.1 Å². The maximum absolute atomic E-state index is 13.4. The molecular formula is C16H16F3N3S. The zero-order valence-electron chi connectivity index (χ0n) is 13.0. The van der Waals surface area contributed by atoms with Crippen LogP contribution in [-0.4, -0.2) is 28.9 Å². The topological polar surface area (TPSA) is 37.8 Å². The fourth-order valence-corrected chi connectivity index (χ4v) is 3.23. The average Bonchev–Trinajstić information content (AvgIpc) is 2.90. The van der Waals surface area contributed by atoms with Crippen LogP contribution in [0.2, 0.25) is 0 Å². The predicted octanol–water partition coefficient (Wildman–Crippen LogP) is 4.55. The second-order valence-electron chi connectivity index (χ2n) is 5.61.